The van der Waals surface area contributed by atoms with E-state index < -0.39 is 0 Å². The van der Waals surface area contributed by atoms with Crippen molar-refractivity contribution in [2.45, 2.75) is 103 Å². The minimum atomic E-state index is 0. The largest absolute Gasteiger partial charge is 1.00 e. The lowest BCUT2D eigenvalue weighted by Gasteiger charge is -2.32. The highest BCUT2D eigenvalue weighted by Crippen LogP contribution is 2.15. The molecule has 3 heteroatoms. The number of rotatable bonds is 15. The zero-order valence-corrected chi connectivity index (χ0v) is 17.3. The van der Waals surface area contributed by atoms with Crippen LogP contribution in [0.5, 0.6) is 0 Å². The molecule has 0 aromatic carbocycles. The second-order valence-corrected chi connectivity index (χ2v) is 7.79. The van der Waals surface area contributed by atoms with E-state index in [2.05, 4.69) is 35.0 Å². The van der Waals surface area contributed by atoms with Gasteiger partial charge in [-0.3, -0.25) is 4.79 Å². The molecule has 0 heterocycles. The van der Waals surface area contributed by atoms with E-state index in [9.17, 15) is 4.79 Å². The van der Waals surface area contributed by atoms with Crippen LogP contribution in [-0.4, -0.2) is 37.5 Å². The summed E-state index contributed by atoms with van der Waals surface area (Å²) in [4.78, 5) is 12.3. The summed E-state index contributed by atoms with van der Waals surface area (Å²) in [6.07, 6.45) is 16.5. The molecule has 0 saturated carbocycles. The Balaban J connectivity index is 0. The van der Waals surface area contributed by atoms with Gasteiger partial charge in [-0.2, -0.15) is 0 Å². The summed E-state index contributed by atoms with van der Waals surface area (Å²) in [6, 6.07) is 0.183. The van der Waals surface area contributed by atoms with E-state index in [1.54, 1.807) is 0 Å². The minimum Gasteiger partial charge on any atom is -1.00 e. The van der Waals surface area contributed by atoms with Gasteiger partial charge in [0.1, 0.15) is 6.04 Å². The summed E-state index contributed by atoms with van der Waals surface area (Å²) in [5.74, 6) is 0.464. The fourth-order valence-corrected chi connectivity index (χ4v) is 3.34. The molecule has 0 bridgehead atoms. The molecule has 0 aliphatic rings. The van der Waals surface area contributed by atoms with Gasteiger partial charge in [-0.15, -0.1) is 0 Å². The molecule has 0 N–H and O–H groups in total. The first-order chi connectivity index (χ1) is 10.4. The van der Waals surface area contributed by atoms with Crippen LogP contribution in [0.3, 0.4) is 0 Å². The molecule has 0 rings (SSSR count). The molecule has 2 nitrogen and oxygen atoms in total. The first kappa shape index (κ1) is 25.2. The SMILES string of the molecule is CCCCCCCCCCCCCC(=O)C(CC)[N+](C)(C)C.[Cl-]. The van der Waals surface area contributed by atoms with Gasteiger partial charge in [0.15, 0.2) is 5.78 Å². The quantitative estimate of drug-likeness (QED) is 0.329. The van der Waals surface area contributed by atoms with E-state index in [1.807, 2.05) is 0 Å². The number of hydrogen-bond donors (Lipinski definition) is 0. The van der Waals surface area contributed by atoms with Crippen LogP contribution in [0, 0.1) is 0 Å². The number of hydrogen-bond acceptors (Lipinski definition) is 1. The fourth-order valence-electron chi connectivity index (χ4n) is 3.34. The average Bonchev–Trinajstić information content (AvgIpc) is 2.44. The summed E-state index contributed by atoms with van der Waals surface area (Å²) in [5, 5.41) is 0. The predicted octanol–water partition coefficient (Wildman–Crippen LogP) is 2.75. The van der Waals surface area contributed by atoms with E-state index >= 15 is 0 Å². The highest BCUT2D eigenvalue weighted by molar-refractivity contribution is 5.82. The Morgan fingerprint density at radius 3 is 1.48 bits per heavy atom. The second kappa shape index (κ2) is 15.4. The number of halogens is 1. The van der Waals surface area contributed by atoms with E-state index in [0.29, 0.717) is 5.78 Å². The van der Waals surface area contributed by atoms with Crippen LogP contribution >= 0.6 is 0 Å². The lowest BCUT2D eigenvalue weighted by molar-refractivity contribution is -0.886. The van der Waals surface area contributed by atoms with Crippen molar-refractivity contribution in [2.24, 2.45) is 0 Å². The summed E-state index contributed by atoms with van der Waals surface area (Å²) in [6.45, 7) is 4.40. The molecular weight excluding hydrogens is 306 g/mol. The summed E-state index contributed by atoms with van der Waals surface area (Å²) in [7, 11) is 6.39. The Bertz CT molecular complexity index is 273. The van der Waals surface area contributed by atoms with Gasteiger partial charge in [0.25, 0.3) is 0 Å². The average molecular weight is 348 g/mol. The first-order valence-corrected chi connectivity index (χ1v) is 9.77. The van der Waals surface area contributed by atoms with Crippen LogP contribution in [0.4, 0.5) is 0 Å². The number of quaternary nitrogens is 1. The number of ketones is 1. The standard InChI is InChI=1S/C20H42NO.ClH/c1-6-8-9-10-11-12-13-14-15-16-17-18-20(22)19(7-2)21(3,4)5;/h19H,6-18H2,1-5H3;1H/q+1;/p-1. The third-order valence-electron chi connectivity index (χ3n) is 4.72. The number of likely N-dealkylation sites (N-methyl/N-ethyl adjacent to an activating group) is 1. The van der Waals surface area contributed by atoms with E-state index in [1.165, 1.54) is 64.2 Å². The first-order valence-electron chi connectivity index (χ1n) is 9.77. The van der Waals surface area contributed by atoms with Gasteiger partial charge in [-0.25, -0.2) is 0 Å². The Kier molecular flexibility index (Phi) is 16.9. The van der Waals surface area contributed by atoms with Crippen LogP contribution in [0.25, 0.3) is 0 Å². The smallest absolute Gasteiger partial charge is 0.189 e. The van der Waals surface area contributed by atoms with Crippen LogP contribution in [-0.2, 0) is 4.79 Å². The molecule has 0 spiro atoms. The lowest BCUT2D eigenvalue weighted by atomic mass is 10.00. The third kappa shape index (κ3) is 14.0. The highest BCUT2D eigenvalue weighted by Gasteiger charge is 2.28. The monoisotopic (exact) mass is 347 g/mol. The summed E-state index contributed by atoms with van der Waals surface area (Å²) in [5.41, 5.74) is 0. The molecule has 0 saturated heterocycles. The Hall–Kier alpha value is -0.0800. The van der Waals surface area contributed by atoms with E-state index in [4.69, 9.17) is 0 Å². The molecule has 0 fully saturated rings. The molecule has 140 valence electrons. The topological polar surface area (TPSA) is 17.1 Å². The molecule has 0 aromatic rings. The fraction of sp³-hybridized carbons (Fsp3) is 0.950. The summed E-state index contributed by atoms with van der Waals surface area (Å²) < 4.78 is 0.771. The molecule has 0 radical (unpaired) electrons. The maximum Gasteiger partial charge on any atom is 0.189 e. The normalized spacial score (nSPS) is 12.7. The molecule has 0 aliphatic carbocycles. The van der Waals surface area contributed by atoms with Crippen molar-refractivity contribution >= 4 is 5.78 Å². The molecule has 0 aromatic heterocycles. The van der Waals surface area contributed by atoms with Gasteiger partial charge >= 0.3 is 0 Å². The number of carbonyl (C=O) groups is 1. The van der Waals surface area contributed by atoms with E-state index in [-0.39, 0.29) is 18.4 Å². The molecule has 0 amide bonds. The van der Waals surface area contributed by atoms with Gasteiger partial charge in [0.2, 0.25) is 0 Å². The van der Waals surface area contributed by atoms with Crippen molar-refractivity contribution in [2.75, 3.05) is 21.1 Å². The third-order valence-corrected chi connectivity index (χ3v) is 4.72. The van der Waals surface area contributed by atoms with Crippen molar-refractivity contribution in [1.29, 1.82) is 0 Å². The molecule has 1 atom stereocenters. The van der Waals surface area contributed by atoms with Crippen molar-refractivity contribution in [3.05, 3.63) is 0 Å². The van der Waals surface area contributed by atoms with Gasteiger partial charge < -0.3 is 16.9 Å². The zero-order chi connectivity index (χ0) is 16.8. The number of nitrogens with zero attached hydrogens (tertiary/aromatic N) is 1. The van der Waals surface area contributed by atoms with Gasteiger partial charge in [-0.05, 0) is 6.42 Å². The maximum atomic E-state index is 12.3. The lowest BCUT2D eigenvalue weighted by Crippen LogP contribution is -3.00. The van der Waals surface area contributed by atoms with Crippen LogP contribution in [0.15, 0.2) is 0 Å². The number of unbranched alkanes of at least 4 members (excludes halogenated alkanes) is 10. The number of carbonyl (C=O) groups excluding carboxylic acids is 1. The molecular formula is C20H42ClNO. The zero-order valence-electron chi connectivity index (χ0n) is 16.5. The van der Waals surface area contributed by atoms with Gasteiger partial charge in [-0.1, -0.05) is 78.1 Å². The minimum absolute atomic E-state index is 0. The van der Waals surface area contributed by atoms with Crippen molar-refractivity contribution in [3.8, 4) is 0 Å². The van der Waals surface area contributed by atoms with Gasteiger partial charge in [0, 0.05) is 12.8 Å². The van der Waals surface area contributed by atoms with Crippen LogP contribution in [0.1, 0.15) is 97.3 Å². The van der Waals surface area contributed by atoms with Crippen molar-refractivity contribution in [1.82, 2.24) is 0 Å². The Labute approximate surface area is 152 Å². The molecule has 0 aliphatic heterocycles. The maximum absolute atomic E-state index is 12.3. The number of Topliss-reactive ketones (excluding diaryl/α,β-unsaturated/α-hetero) is 1. The van der Waals surface area contributed by atoms with Crippen molar-refractivity contribution in [3.63, 3.8) is 0 Å². The van der Waals surface area contributed by atoms with Gasteiger partial charge in [0.05, 0.1) is 21.1 Å². The van der Waals surface area contributed by atoms with Crippen molar-refractivity contribution < 1.29 is 21.7 Å². The van der Waals surface area contributed by atoms with Crippen LogP contribution < -0.4 is 12.4 Å². The predicted molar refractivity (Wildman–Crippen MR) is 98.2 cm³/mol. The second-order valence-electron chi connectivity index (χ2n) is 7.79. The van der Waals surface area contributed by atoms with Crippen LogP contribution in [0.2, 0.25) is 0 Å². The highest BCUT2D eigenvalue weighted by atomic mass is 35.5. The summed E-state index contributed by atoms with van der Waals surface area (Å²) >= 11 is 0. The van der Waals surface area contributed by atoms with E-state index in [0.717, 1.165) is 23.7 Å². The molecule has 1 unspecified atom stereocenters. The molecule has 23 heavy (non-hydrogen) atoms. The Morgan fingerprint density at radius 2 is 1.13 bits per heavy atom. The Morgan fingerprint density at radius 1 is 0.739 bits per heavy atom.